The highest BCUT2D eigenvalue weighted by atomic mass is 32.2. The van der Waals surface area contributed by atoms with Crippen LogP contribution in [0, 0.1) is 6.92 Å². The van der Waals surface area contributed by atoms with Gasteiger partial charge >= 0.3 is 0 Å². The van der Waals surface area contributed by atoms with E-state index in [4.69, 9.17) is 14.2 Å². The fourth-order valence-electron chi connectivity index (χ4n) is 3.15. The summed E-state index contributed by atoms with van der Waals surface area (Å²) in [6, 6.07) is 13.5. The van der Waals surface area contributed by atoms with Crippen LogP contribution in [-0.4, -0.2) is 38.4 Å². The van der Waals surface area contributed by atoms with Crippen molar-refractivity contribution in [3.05, 3.63) is 89.9 Å². The molecule has 0 spiro atoms. The van der Waals surface area contributed by atoms with Crippen LogP contribution in [0.4, 0.5) is 0 Å². The van der Waals surface area contributed by atoms with E-state index in [1.807, 2.05) is 6.92 Å². The lowest BCUT2D eigenvalue weighted by molar-refractivity contribution is 0.222. The molecule has 0 saturated carbocycles. The molecular weight excluding hydrogens is 458 g/mol. The molecule has 2 N–H and O–H groups in total. The van der Waals surface area contributed by atoms with Gasteiger partial charge in [-0.1, -0.05) is 18.2 Å². The highest BCUT2D eigenvalue weighted by Crippen LogP contribution is 2.31. The van der Waals surface area contributed by atoms with Gasteiger partial charge in [-0.25, -0.2) is 9.98 Å². The third kappa shape index (κ3) is 4.94. The van der Waals surface area contributed by atoms with E-state index in [1.54, 1.807) is 54.9 Å². The van der Waals surface area contributed by atoms with Crippen molar-refractivity contribution in [1.29, 1.82) is 0 Å². The topological polar surface area (TPSA) is 124 Å². The summed E-state index contributed by atoms with van der Waals surface area (Å²) in [5, 5.41) is 2.96. The molecule has 2 aromatic heterocycles. The quantitative estimate of drug-likeness (QED) is 0.528. The fraction of sp³-hybridized carbons (Fsp3) is 0.174. The van der Waals surface area contributed by atoms with Crippen LogP contribution in [0.5, 0.6) is 11.5 Å². The third-order valence-corrected chi connectivity index (χ3v) is 6.10. The Balaban J connectivity index is 1.77. The largest absolute Gasteiger partial charge is 0.493 e. The molecule has 0 fully saturated rings. The van der Waals surface area contributed by atoms with Gasteiger partial charge in [0.1, 0.15) is 6.17 Å². The molecule has 0 radical (unpaired) electrons. The number of benzene rings is 1. The number of aryl methyl sites for hydroxylation is 1. The van der Waals surface area contributed by atoms with Gasteiger partial charge in [0.25, 0.3) is 10.0 Å². The number of sulfonamides is 1. The van der Waals surface area contributed by atoms with Crippen LogP contribution in [0.3, 0.4) is 0 Å². The molecule has 11 heteroatoms. The molecule has 34 heavy (non-hydrogen) atoms. The molecule has 1 unspecified atom stereocenters. The first-order chi connectivity index (χ1) is 16.4. The number of nitrogens with zero attached hydrogens (tertiary/aromatic N) is 3. The van der Waals surface area contributed by atoms with Crippen molar-refractivity contribution in [3.8, 4) is 11.5 Å². The molecule has 1 aliphatic rings. The first-order valence-electron chi connectivity index (χ1n) is 10.2. The number of para-hydroxylation sites is 2. The van der Waals surface area contributed by atoms with E-state index >= 15 is 0 Å². The van der Waals surface area contributed by atoms with Gasteiger partial charge in [-0.3, -0.25) is 9.71 Å². The maximum atomic E-state index is 13.1. The molecule has 3 heterocycles. The molecule has 0 aliphatic carbocycles. The standard InChI is InChI=1S/C23H23N5O5S/c1-15-8-9-19(25-14-15)34(29,30)28-22-20(33-18-7-5-4-6-17(18)31-2)23(32-3)27-21(26-22)16-10-12-24-13-11-16/h4-14,21,27H,1-3H3,(H,26,28). The van der Waals surface area contributed by atoms with Crippen LogP contribution >= 0.6 is 0 Å². The zero-order valence-electron chi connectivity index (χ0n) is 18.7. The Labute approximate surface area is 197 Å². The van der Waals surface area contributed by atoms with Crippen LogP contribution in [0.1, 0.15) is 17.3 Å². The summed E-state index contributed by atoms with van der Waals surface area (Å²) in [5.74, 6) is 0.944. The minimum Gasteiger partial charge on any atom is -0.493 e. The Bertz CT molecular complexity index is 1330. The van der Waals surface area contributed by atoms with Crippen molar-refractivity contribution in [3.63, 3.8) is 0 Å². The van der Waals surface area contributed by atoms with Crippen LogP contribution in [0.2, 0.25) is 0 Å². The monoisotopic (exact) mass is 481 g/mol. The average Bonchev–Trinajstić information content (AvgIpc) is 2.85. The first kappa shape index (κ1) is 23.1. The Hall–Kier alpha value is -4.12. The van der Waals surface area contributed by atoms with E-state index in [1.165, 1.54) is 26.5 Å². The van der Waals surface area contributed by atoms with E-state index in [2.05, 4.69) is 25.0 Å². The second-order valence-electron chi connectivity index (χ2n) is 7.20. The van der Waals surface area contributed by atoms with E-state index in [-0.39, 0.29) is 22.5 Å². The minimum absolute atomic E-state index is 0.0352. The van der Waals surface area contributed by atoms with Gasteiger partial charge in [-0.15, -0.1) is 0 Å². The SMILES string of the molecule is COC1=C(Oc2ccccc2OC)C(NS(=O)(=O)c2ccc(C)cn2)=NC(c2ccncc2)N1. The molecule has 1 aliphatic heterocycles. The predicted octanol–water partition coefficient (Wildman–Crippen LogP) is 2.67. The number of aliphatic imine (C=N–C) groups is 1. The van der Waals surface area contributed by atoms with E-state index < -0.39 is 16.2 Å². The maximum absolute atomic E-state index is 13.1. The Morgan fingerprint density at radius 2 is 1.71 bits per heavy atom. The fourth-order valence-corrected chi connectivity index (χ4v) is 4.09. The molecule has 1 aromatic carbocycles. The van der Waals surface area contributed by atoms with Crippen molar-refractivity contribution < 1.29 is 22.6 Å². The number of hydrogen-bond donors (Lipinski definition) is 2. The summed E-state index contributed by atoms with van der Waals surface area (Å²) in [6.07, 6.45) is 4.04. The van der Waals surface area contributed by atoms with Gasteiger partial charge in [-0.05, 0) is 48.4 Å². The number of pyridine rings is 2. The minimum atomic E-state index is -4.09. The van der Waals surface area contributed by atoms with Gasteiger partial charge in [0.15, 0.2) is 22.4 Å². The molecule has 1 atom stereocenters. The second-order valence-corrected chi connectivity index (χ2v) is 8.83. The first-order valence-corrected chi connectivity index (χ1v) is 11.7. The van der Waals surface area contributed by atoms with E-state index in [0.717, 1.165) is 11.1 Å². The lowest BCUT2D eigenvalue weighted by Crippen LogP contribution is -2.41. The predicted molar refractivity (Wildman–Crippen MR) is 125 cm³/mol. The Morgan fingerprint density at radius 3 is 2.35 bits per heavy atom. The zero-order valence-corrected chi connectivity index (χ0v) is 19.5. The zero-order chi connectivity index (χ0) is 24.1. The summed E-state index contributed by atoms with van der Waals surface area (Å²) in [7, 11) is -1.14. The van der Waals surface area contributed by atoms with Crippen molar-refractivity contribution in [2.24, 2.45) is 4.99 Å². The molecule has 176 valence electrons. The molecule has 0 bridgehead atoms. The van der Waals surface area contributed by atoms with Crippen LogP contribution in [-0.2, 0) is 14.8 Å². The van der Waals surface area contributed by atoms with Gasteiger partial charge in [0, 0.05) is 18.6 Å². The number of ether oxygens (including phenoxy) is 3. The van der Waals surface area contributed by atoms with Gasteiger partial charge in [0.05, 0.1) is 14.2 Å². The normalized spacial score (nSPS) is 15.7. The number of amidine groups is 1. The Kier molecular flexibility index (Phi) is 6.64. The number of nitrogens with one attached hydrogen (secondary N) is 2. The lowest BCUT2D eigenvalue weighted by Gasteiger charge is -2.27. The van der Waals surface area contributed by atoms with Crippen molar-refractivity contribution in [2.45, 2.75) is 18.1 Å². The average molecular weight is 482 g/mol. The van der Waals surface area contributed by atoms with E-state index in [0.29, 0.717) is 11.5 Å². The summed E-state index contributed by atoms with van der Waals surface area (Å²) >= 11 is 0. The van der Waals surface area contributed by atoms with Gasteiger partial charge in [0.2, 0.25) is 11.6 Å². The number of methoxy groups -OCH3 is 2. The number of hydrogen-bond acceptors (Lipinski definition) is 9. The van der Waals surface area contributed by atoms with E-state index in [9.17, 15) is 8.42 Å². The van der Waals surface area contributed by atoms with Crippen molar-refractivity contribution in [1.82, 2.24) is 20.0 Å². The van der Waals surface area contributed by atoms with Crippen molar-refractivity contribution in [2.75, 3.05) is 14.2 Å². The summed E-state index contributed by atoms with van der Waals surface area (Å²) in [5.41, 5.74) is 1.57. The van der Waals surface area contributed by atoms with Crippen molar-refractivity contribution >= 4 is 15.9 Å². The smallest absolute Gasteiger partial charge is 0.280 e. The summed E-state index contributed by atoms with van der Waals surface area (Å²) < 4.78 is 45.7. The number of aromatic nitrogens is 2. The molecular formula is C23H23N5O5S. The highest BCUT2D eigenvalue weighted by molar-refractivity contribution is 7.90. The molecule has 10 nitrogen and oxygen atoms in total. The number of rotatable bonds is 7. The molecule has 0 amide bonds. The van der Waals surface area contributed by atoms with Crippen LogP contribution in [0.25, 0.3) is 0 Å². The maximum Gasteiger partial charge on any atom is 0.280 e. The molecule has 4 rings (SSSR count). The van der Waals surface area contributed by atoms with Crippen LogP contribution < -0.4 is 19.5 Å². The lowest BCUT2D eigenvalue weighted by atomic mass is 10.2. The molecule has 3 aromatic rings. The van der Waals surface area contributed by atoms with Crippen LogP contribution in [0.15, 0.2) is 88.8 Å². The second kappa shape index (κ2) is 9.79. The summed E-state index contributed by atoms with van der Waals surface area (Å²) in [4.78, 5) is 12.6. The molecule has 0 saturated heterocycles. The Morgan fingerprint density at radius 1 is 0.971 bits per heavy atom. The van der Waals surface area contributed by atoms with Gasteiger partial charge < -0.3 is 19.5 Å². The highest BCUT2D eigenvalue weighted by Gasteiger charge is 2.31. The van der Waals surface area contributed by atoms with Gasteiger partial charge in [-0.2, -0.15) is 8.42 Å². The third-order valence-electron chi connectivity index (χ3n) is 4.84. The summed E-state index contributed by atoms with van der Waals surface area (Å²) in [6.45, 7) is 1.82.